The van der Waals surface area contributed by atoms with Crippen LogP contribution in [-0.4, -0.2) is 29.9 Å². The summed E-state index contributed by atoms with van der Waals surface area (Å²) in [6.07, 6.45) is 3.56. The van der Waals surface area contributed by atoms with Gasteiger partial charge in [0.05, 0.1) is 0 Å². The van der Waals surface area contributed by atoms with E-state index in [1.54, 1.807) is 7.11 Å². The Bertz CT molecular complexity index is 68.6. The van der Waals surface area contributed by atoms with E-state index >= 15 is 0 Å². The molecule has 0 spiro atoms. The van der Waals surface area contributed by atoms with Gasteiger partial charge in [0.25, 0.3) is 0 Å². The summed E-state index contributed by atoms with van der Waals surface area (Å²) in [5.41, 5.74) is 0. The fourth-order valence-corrected chi connectivity index (χ4v) is 0.728. The summed E-state index contributed by atoms with van der Waals surface area (Å²) in [7, 11) is 4.84. The molecule has 10 heavy (non-hydrogen) atoms. The minimum Gasteiger partial charge on any atom is -0.361 e. The van der Waals surface area contributed by atoms with E-state index in [-0.39, 0.29) is 5.91 Å². The van der Waals surface area contributed by atoms with E-state index < -0.39 is 0 Å². The molecule has 0 aromatic heterocycles. The van der Waals surface area contributed by atoms with Crippen molar-refractivity contribution in [2.24, 2.45) is 0 Å². The van der Waals surface area contributed by atoms with E-state index in [0.29, 0.717) is 0 Å². The standard InChI is InChI=1S/C7H15O2Si/c1-3-4-5-6-9-7(10)8-2/h7H,3-6H2,1-2H3. The highest BCUT2D eigenvalue weighted by Crippen LogP contribution is 1.95. The molecule has 2 nitrogen and oxygen atoms in total. The Hall–Kier alpha value is 0.137. The van der Waals surface area contributed by atoms with Crippen LogP contribution >= 0.6 is 0 Å². The van der Waals surface area contributed by atoms with E-state index in [1.165, 1.54) is 12.8 Å². The molecule has 3 heteroatoms. The zero-order chi connectivity index (χ0) is 7.82. The molecule has 3 radical (unpaired) electrons. The Morgan fingerprint density at radius 2 is 2.10 bits per heavy atom. The largest absolute Gasteiger partial charge is 0.361 e. The second-order valence-corrected chi connectivity index (χ2v) is 2.62. The Balaban J connectivity index is 2.89. The summed E-state index contributed by atoms with van der Waals surface area (Å²) < 4.78 is 10.0. The lowest BCUT2D eigenvalue weighted by atomic mass is 10.3. The zero-order valence-corrected chi connectivity index (χ0v) is 7.72. The van der Waals surface area contributed by atoms with Gasteiger partial charge in [-0.15, -0.1) is 0 Å². The minimum atomic E-state index is -0.239. The highest BCUT2D eigenvalue weighted by atomic mass is 28.1. The summed E-state index contributed by atoms with van der Waals surface area (Å²) in [6.45, 7) is 2.94. The van der Waals surface area contributed by atoms with Gasteiger partial charge in [0, 0.05) is 13.7 Å². The first-order valence-electron chi connectivity index (χ1n) is 3.66. The fourth-order valence-electron chi connectivity index (χ4n) is 0.610. The van der Waals surface area contributed by atoms with Crippen LogP contribution in [0.15, 0.2) is 0 Å². The molecule has 0 aromatic carbocycles. The van der Waals surface area contributed by atoms with Crippen LogP contribution in [0.5, 0.6) is 0 Å². The lowest BCUT2D eigenvalue weighted by Crippen LogP contribution is -2.15. The topological polar surface area (TPSA) is 18.5 Å². The van der Waals surface area contributed by atoms with E-state index in [4.69, 9.17) is 9.47 Å². The highest BCUT2D eigenvalue weighted by molar-refractivity contribution is 6.09. The maximum Gasteiger partial charge on any atom is 0.133 e. The predicted molar refractivity (Wildman–Crippen MR) is 42.0 cm³/mol. The number of rotatable bonds is 6. The van der Waals surface area contributed by atoms with E-state index in [0.717, 1.165) is 13.0 Å². The third-order valence-corrected chi connectivity index (χ3v) is 1.63. The van der Waals surface area contributed by atoms with E-state index in [2.05, 4.69) is 17.2 Å². The molecule has 0 bridgehead atoms. The quantitative estimate of drug-likeness (QED) is 0.330. The van der Waals surface area contributed by atoms with Crippen LogP contribution in [0.4, 0.5) is 0 Å². The number of hydrogen-bond acceptors (Lipinski definition) is 2. The van der Waals surface area contributed by atoms with E-state index in [9.17, 15) is 0 Å². The summed E-state index contributed by atoms with van der Waals surface area (Å²) >= 11 is 0. The first-order chi connectivity index (χ1) is 4.81. The van der Waals surface area contributed by atoms with Crippen molar-refractivity contribution in [2.45, 2.75) is 32.1 Å². The Morgan fingerprint density at radius 1 is 1.40 bits per heavy atom. The van der Waals surface area contributed by atoms with Crippen LogP contribution < -0.4 is 0 Å². The van der Waals surface area contributed by atoms with Gasteiger partial charge in [-0.2, -0.15) is 0 Å². The van der Waals surface area contributed by atoms with Crippen LogP contribution in [0.1, 0.15) is 26.2 Å². The molecule has 1 unspecified atom stereocenters. The molecular weight excluding hydrogens is 144 g/mol. The van der Waals surface area contributed by atoms with Crippen molar-refractivity contribution in [1.29, 1.82) is 0 Å². The average Bonchev–Trinajstić information content (AvgIpc) is 1.98. The maximum atomic E-state index is 5.18. The lowest BCUT2D eigenvalue weighted by molar-refractivity contribution is -0.0674. The van der Waals surface area contributed by atoms with Crippen molar-refractivity contribution in [3.63, 3.8) is 0 Å². The van der Waals surface area contributed by atoms with E-state index in [1.807, 2.05) is 0 Å². The number of hydrogen-bond donors (Lipinski definition) is 0. The Morgan fingerprint density at radius 3 is 2.60 bits per heavy atom. The molecule has 0 N–H and O–H groups in total. The number of unbranched alkanes of at least 4 members (excludes halogenated alkanes) is 2. The van der Waals surface area contributed by atoms with Crippen LogP contribution in [0, 0.1) is 0 Å². The van der Waals surface area contributed by atoms with Crippen molar-refractivity contribution in [1.82, 2.24) is 0 Å². The van der Waals surface area contributed by atoms with Gasteiger partial charge < -0.3 is 9.47 Å². The first kappa shape index (κ1) is 10.1. The van der Waals surface area contributed by atoms with Gasteiger partial charge in [0.15, 0.2) is 0 Å². The number of ether oxygens (including phenoxy) is 2. The second kappa shape index (κ2) is 7.25. The fraction of sp³-hybridized carbons (Fsp3) is 1.00. The van der Waals surface area contributed by atoms with Gasteiger partial charge in [0.2, 0.25) is 0 Å². The molecular formula is C7H15O2Si. The van der Waals surface area contributed by atoms with Gasteiger partial charge in [-0.25, -0.2) is 0 Å². The summed E-state index contributed by atoms with van der Waals surface area (Å²) in [6, 6.07) is 0. The molecule has 0 saturated heterocycles. The normalized spacial score (nSPS) is 13.5. The SMILES string of the molecule is CCCCCOC([Si])OC. The monoisotopic (exact) mass is 159 g/mol. The molecule has 0 amide bonds. The smallest absolute Gasteiger partial charge is 0.133 e. The van der Waals surface area contributed by atoms with Crippen LogP contribution in [-0.2, 0) is 9.47 Å². The zero-order valence-electron chi connectivity index (χ0n) is 6.72. The van der Waals surface area contributed by atoms with Crippen molar-refractivity contribution < 1.29 is 9.47 Å². The predicted octanol–water partition coefficient (Wildman–Crippen LogP) is 1.29. The van der Waals surface area contributed by atoms with Crippen molar-refractivity contribution >= 4 is 10.2 Å². The van der Waals surface area contributed by atoms with Gasteiger partial charge >= 0.3 is 0 Å². The summed E-state index contributed by atoms with van der Waals surface area (Å²) in [5.74, 6) is -0.239. The van der Waals surface area contributed by atoms with Crippen LogP contribution in [0.25, 0.3) is 0 Å². The Kier molecular flexibility index (Phi) is 7.35. The van der Waals surface area contributed by atoms with Crippen LogP contribution in [0.2, 0.25) is 0 Å². The molecule has 0 rings (SSSR count). The van der Waals surface area contributed by atoms with Crippen molar-refractivity contribution in [2.75, 3.05) is 13.7 Å². The first-order valence-corrected chi connectivity index (χ1v) is 4.24. The number of methoxy groups -OCH3 is 1. The third-order valence-electron chi connectivity index (χ3n) is 1.23. The molecule has 0 aromatic rings. The molecule has 0 aliphatic heterocycles. The molecule has 0 saturated carbocycles. The van der Waals surface area contributed by atoms with Gasteiger partial charge in [-0.1, -0.05) is 19.8 Å². The third kappa shape index (κ3) is 6.26. The lowest BCUT2D eigenvalue weighted by Gasteiger charge is -2.09. The maximum absolute atomic E-state index is 5.18. The highest BCUT2D eigenvalue weighted by Gasteiger charge is 1.96. The second-order valence-electron chi connectivity index (χ2n) is 2.15. The minimum absolute atomic E-state index is 0.239. The van der Waals surface area contributed by atoms with Crippen LogP contribution in [0.3, 0.4) is 0 Å². The summed E-state index contributed by atoms with van der Waals surface area (Å²) in [5, 5.41) is 0. The Labute approximate surface area is 66.3 Å². The average molecular weight is 159 g/mol. The summed E-state index contributed by atoms with van der Waals surface area (Å²) in [4.78, 5) is 0. The van der Waals surface area contributed by atoms with Gasteiger partial charge in [-0.3, -0.25) is 0 Å². The van der Waals surface area contributed by atoms with Gasteiger partial charge in [-0.05, 0) is 6.42 Å². The molecule has 0 fully saturated rings. The van der Waals surface area contributed by atoms with Crippen molar-refractivity contribution in [3.05, 3.63) is 0 Å². The molecule has 59 valence electrons. The molecule has 0 heterocycles. The molecule has 1 atom stereocenters. The molecule has 0 aliphatic carbocycles. The van der Waals surface area contributed by atoms with Gasteiger partial charge in [0.1, 0.15) is 16.2 Å². The molecule has 0 aliphatic rings. The van der Waals surface area contributed by atoms with Crippen molar-refractivity contribution in [3.8, 4) is 0 Å².